The van der Waals surface area contributed by atoms with Crippen LogP contribution >= 0.6 is 11.3 Å². The molecule has 13 heavy (non-hydrogen) atoms. The number of aryl methyl sites for hydroxylation is 2. The minimum atomic E-state index is 0.426. The Morgan fingerprint density at radius 3 is 2.85 bits per heavy atom. The Labute approximate surface area is 83.0 Å². The lowest BCUT2D eigenvalue weighted by Crippen LogP contribution is -2.18. The molecule has 70 valence electrons. The van der Waals surface area contributed by atoms with Gasteiger partial charge in [0, 0.05) is 21.7 Å². The van der Waals surface area contributed by atoms with Gasteiger partial charge in [-0.15, -0.1) is 11.3 Å². The normalized spacial score (nSPS) is 23.2. The number of hydrogen-bond acceptors (Lipinski definition) is 2. The second kappa shape index (κ2) is 2.58. The Hall–Kier alpha value is -0.340. The summed E-state index contributed by atoms with van der Waals surface area (Å²) in [7, 11) is 0. The van der Waals surface area contributed by atoms with E-state index in [2.05, 4.69) is 6.07 Å². The van der Waals surface area contributed by atoms with E-state index < -0.39 is 0 Å². The largest absolute Gasteiger partial charge is 0.330 e. The molecule has 0 atom stereocenters. The summed E-state index contributed by atoms with van der Waals surface area (Å²) in [6, 6.07) is 2.44. The summed E-state index contributed by atoms with van der Waals surface area (Å²) < 4.78 is 0. The molecule has 2 N–H and O–H groups in total. The van der Waals surface area contributed by atoms with E-state index in [0.717, 1.165) is 6.54 Å². The molecule has 0 aromatic carbocycles. The zero-order valence-electron chi connectivity index (χ0n) is 7.81. The van der Waals surface area contributed by atoms with E-state index in [9.17, 15) is 0 Å². The molecule has 1 nitrogen and oxygen atoms in total. The highest BCUT2D eigenvalue weighted by Gasteiger charge is 2.44. The van der Waals surface area contributed by atoms with E-state index >= 15 is 0 Å². The average Bonchev–Trinajstić information content (AvgIpc) is 2.63. The Bertz CT molecular complexity index is 314. The molecule has 2 aliphatic rings. The zero-order chi connectivity index (χ0) is 8.89. The minimum Gasteiger partial charge on any atom is -0.330 e. The van der Waals surface area contributed by atoms with Gasteiger partial charge in [-0.1, -0.05) is 0 Å². The second-order valence-corrected chi connectivity index (χ2v) is 5.53. The Morgan fingerprint density at radius 2 is 2.23 bits per heavy atom. The van der Waals surface area contributed by atoms with Crippen molar-refractivity contribution in [1.82, 2.24) is 0 Å². The van der Waals surface area contributed by atoms with Crippen LogP contribution in [0, 0.1) is 0 Å². The average molecular weight is 193 g/mol. The van der Waals surface area contributed by atoms with Crippen molar-refractivity contribution in [2.24, 2.45) is 5.73 Å². The Kier molecular flexibility index (Phi) is 1.59. The van der Waals surface area contributed by atoms with Crippen LogP contribution in [0.1, 0.15) is 34.6 Å². The van der Waals surface area contributed by atoms with Crippen LogP contribution < -0.4 is 5.73 Å². The van der Waals surface area contributed by atoms with Gasteiger partial charge in [-0.2, -0.15) is 0 Å². The van der Waals surface area contributed by atoms with Crippen molar-refractivity contribution in [1.29, 1.82) is 0 Å². The molecule has 2 heteroatoms. The molecule has 2 aliphatic carbocycles. The van der Waals surface area contributed by atoms with Crippen molar-refractivity contribution in [2.45, 2.75) is 37.5 Å². The van der Waals surface area contributed by atoms with Crippen molar-refractivity contribution in [2.75, 3.05) is 6.54 Å². The SMILES string of the molecule is NCC1(c2cc3c(s2)CCC3)CC1. The molecule has 0 radical (unpaired) electrons. The maximum Gasteiger partial charge on any atom is 0.0170 e. The molecule has 0 spiro atoms. The molecule has 1 aromatic rings. The van der Waals surface area contributed by atoms with Crippen LogP contribution in [0.4, 0.5) is 0 Å². The van der Waals surface area contributed by atoms with Gasteiger partial charge in [0.15, 0.2) is 0 Å². The van der Waals surface area contributed by atoms with Crippen LogP contribution in [0.5, 0.6) is 0 Å². The summed E-state index contributed by atoms with van der Waals surface area (Å²) >= 11 is 2.04. The fourth-order valence-electron chi connectivity index (χ4n) is 2.29. The number of hydrogen-bond donors (Lipinski definition) is 1. The smallest absolute Gasteiger partial charge is 0.0170 e. The fourth-order valence-corrected chi connectivity index (χ4v) is 3.80. The summed E-state index contributed by atoms with van der Waals surface area (Å²) in [5.74, 6) is 0. The number of fused-ring (bicyclic) bond motifs is 1. The van der Waals surface area contributed by atoms with Crippen molar-refractivity contribution >= 4 is 11.3 Å². The third kappa shape index (κ3) is 1.09. The highest BCUT2D eigenvalue weighted by Crippen LogP contribution is 2.51. The van der Waals surface area contributed by atoms with Gasteiger partial charge in [0.1, 0.15) is 0 Å². The van der Waals surface area contributed by atoms with Crippen molar-refractivity contribution in [3.63, 3.8) is 0 Å². The summed E-state index contributed by atoms with van der Waals surface area (Å²) in [5, 5.41) is 0. The van der Waals surface area contributed by atoms with E-state index in [4.69, 9.17) is 5.73 Å². The van der Waals surface area contributed by atoms with Crippen molar-refractivity contribution < 1.29 is 0 Å². The van der Waals surface area contributed by atoms with E-state index in [1.165, 1.54) is 32.1 Å². The predicted molar refractivity (Wildman–Crippen MR) is 56.3 cm³/mol. The van der Waals surface area contributed by atoms with Crippen LogP contribution in [0.15, 0.2) is 6.07 Å². The molecule has 1 saturated carbocycles. The molecule has 0 aliphatic heterocycles. The van der Waals surface area contributed by atoms with Crippen LogP contribution in [0.25, 0.3) is 0 Å². The first-order chi connectivity index (χ1) is 6.34. The van der Waals surface area contributed by atoms with Crippen molar-refractivity contribution in [3.8, 4) is 0 Å². The lowest BCUT2D eigenvalue weighted by molar-refractivity contribution is 0.719. The molecular weight excluding hydrogens is 178 g/mol. The summed E-state index contributed by atoms with van der Waals surface area (Å²) in [4.78, 5) is 3.23. The third-order valence-corrected chi connectivity index (χ3v) is 5.00. The fraction of sp³-hybridized carbons (Fsp3) is 0.636. The second-order valence-electron chi connectivity index (χ2n) is 4.40. The summed E-state index contributed by atoms with van der Waals surface area (Å²) in [5.41, 5.74) is 7.88. The first kappa shape index (κ1) is 8.01. The van der Waals surface area contributed by atoms with Gasteiger partial charge >= 0.3 is 0 Å². The van der Waals surface area contributed by atoms with Gasteiger partial charge in [0.2, 0.25) is 0 Å². The first-order valence-electron chi connectivity index (χ1n) is 5.16. The predicted octanol–water partition coefficient (Wildman–Crippen LogP) is 2.23. The number of nitrogens with two attached hydrogens (primary N) is 1. The number of thiophene rings is 1. The van der Waals surface area contributed by atoms with Gasteiger partial charge in [0.05, 0.1) is 0 Å². The zero-order valence-corrected chi connectivity index (χ0v) is 8.62. The van der Waals surface area contributed by atoms with E-state index in [-0.39, 0.29) is 0 Å². The van der Waals surface area contributed by atoms with Gasteiger partial charge in [0.25, 0.3) is 0 Å². The van der Waals surface area contributed by atoms with E-state index in [1.54, 1.807) is 15.3 Å². The molecule has 1 aromatic heterocycles. The molecule has 0 saturated heterocycles. The lowest BCUT2D eigenvalue weighted by atomic mass is 10.0. The Morgan fingerprint density at radius 1 is 1.38 bits per heavy atom. The molecule has 1 fully saturated rings. The molecule has 0 unspecified atom stereocenters. The van der Waals surface area contributed by atoms with Gasteiger partial charge < -0.3 is 5.73 Å². The van der Waals surface area contributed by atoms with E-state index in [1.807, 2.05) is 11.3 Å². The highest BCUT2D eigenvalue weighted by atomic mass is 32.1. The van der Waals surface area contributed by atoms with E-state index in [0.29, 0.717) is 5.41 Å². The molecular formula is C11H15NS. The van der Waals surface area contributed by atoms with Crippen LogP contribution in [-0.4, -0.2) is 6.54 Å². The summed E-state index contributed by atoms with van der Waals surface area (Å²) in [6.07, 6.45) is 6.65. The van der Waals surface area contributed by atoms with Gasteiger partial charge in [-0.25, -0.2) is 0 Å². The first-order valence-corrected chi connectivity index (χ1v) is 5.98. The molecule has 1 heterocycles. The topological polar surface area (TPSA) is 26.0 Å². The standard InChI is InChI=1S/C11H15NS/c12-7-11(4-5-11)10-6-8-2-1-3-9(8)13-10/h6H,1-5,7,12H2. The molecule has 0 amide bonds. The highest BCUT2D eigenvalue weighted by molar-refractivity contribution is 7.12. The maximum absolute atomic E-state index is 5.83. The number of rotatable bonds is 2. The molecule has 0 bridgehead atoms. The summed E-state index contributed by atoms with van der Waals surface area (Å²) in [6.45, 7) is 0.854. The lowest BCUT2D eigenvalue weighted by Gasteiger charge is -2.08. The minimum absolute atomic E-state index is 0.426. The van der Waals surface area contributed by atoms with Gasteiger partial charge in [-0.3, -0.25) is 0 Å². The van der Waals surface area contributed by atoms with Crippen LogP contribution in [0.3, 0.4) is 0 Å². The monoisotopic (exact) mass is 193 g/mol. The maximum atomic E-state index is 5.83. The van der Waals surface area contributed by atoms with Crippen LogP contribution in [-0.2, 0) is 18.3 Å². The van der Waals surface area contributed by atoms with Crippen molar-refractivity contribution in [3.05, 3.63) is 21.4 Å². The Balaban J connectivity index is 1.98. The molecule has 3 rings (SSSR count). The third-order valence-electron chi connectivity index (χ3n) is 3.51. The van der Waals surface area contributed by atoms with Gasteiger partial charge in [-0.05, 0) is 43.7 Å². The van der Waals surface area contributed by atoms with Crippen LogP contribution in [0.2, 0.25) is 0 Å². The quantitative estimate of drug-likeness (QED) is 0.766.